The largest absolute Gasteiger partial charge is 0.479 e. The first-order chi connectivity index (χ1) is 14.3. The summed E-state index contributed by atoms with van der Waals surface area (Å²) in [5, 5.41) is 2.92. The minimum absolute atomic E-state index is 0.00151. The fourth-order valence-electron chi connectivity index (χ4n) is 3.56. The van der Waals surface area contributed by atoms with Gasteiger partial charge in [-0.25, -0.2) is 0 Å². The highest BCUT2D eigenvalue weighted by Gasteiger charge is 2.33. The Balaban J connectivity index is 1.87. The van der Waals surface area contributed by atoms with Crippen molar-refractivity contribution in [3.63, 3.8) is 0 Å². The molecule has 3 rings (SSSR count). The molecule has 30 heavy (non-hydrogen) atoms. The van der Waals surface area contributed by atoms with Crippen LogP contribution in [0.3, 0.4) is 0 Å². The predicted molar refractivity (Wildman–Crippen MR) is 117 cm³/mol. The number of ether oxygens (including phenoxy) is 1. The van der Waals surface area contributed by atoms with Crippen molar-refractivity contribution in [3.8, 4) is 5.75 Å². The molecule has 0 saturated carbocycles. The molecule has 0 aromatic heterocycles. The number of hydrogen-bond acceptors (Lipinski definition) is 4. The van der Waals surface area contributed by atoms with E-state index < -0.39 is 6.10 Å². The fraction of sp³-hybridized carbons (Fsp3) is 0.375. The maximum absolute atomic E-state index is 12.8. The number of para-hydroxylation sites is 1. The number of ketones is 1. The molecule has 158 valence electrons. The average molecular weight is 408 g/mol. The van der Waals surface area contributed by atoms with E-state index in [0.717, 1.165) is 17.7 Å². The van der Waals surface area contributed by atoms with E-state index in [4.69, 9.17) is 4.74 Å². The summed E-state index contributed by atoms with van der Waals surface area (Å²) in [5.74, 6) is 0.128. The van der Waals surface area contributed by atoms with Crippen molar-refractivity contribution in [2.24, 2.45) is 0 Å². The van der Waals surface area contributed by atoms with Crippen molar-refractivity contribution < 1.29 is 19.1 Å². The summed E-state index contributed by atoms with van der Waals surface area (Å²) in [7, 11) is 0. The van der Waals surface area contributed by atoms with E-state index in [1.807, 2.05) is 31.2 Å². The molecule has 0 fully saturated rings. The van der Waals surface area contributed by atoms with E-state index >= 15 is 0 Å². The van der Waals surface area contributed by atoms with Crippen molar-refractivity contribution in [3.05, 3.63) is 53.6 Å². The van der Waals surface area contributed by atoms with Crippen LogP contribution >= 0.6 is 0 Å². The first-order valence-corrected chi connectivity index (χ1v) is 10.4. The van der Waals surface area contributed by atoms with Gasteiger partial charge in [0, 0.05) is 17.7 Å². The first kappa shape index (κ1) is 21.6. The molecule has 2 amide bonds. The number of nitrogens with zero attached hydrogens (tertiary/aromatic N) is 1. The number of Topliss-reactive ketones (excluding diaryl/α,β-unsaturated/α-hetero) is 1. The van der Waals surface area contributed by atoms with E-state index in [2.05, 4.69) is 19.2 Å². The SMILES string of the molecule is CCCC(=O)c1ccc2c(c1)N(CC(=O)Nc1ccccc1C(C)C)C(=O)C(C)O2. The summed E-state index contributed by atoms with van der Waals surface area (Å²) in [6.07, 6.45) is 0.464. The van der Waals surface area contributed by atoms with Crippen molar-refractivity contribution in [2.45, 2.75) is 52.6 Å². The number of fused-ring (bicyclic) bond motifs is 1. The summed E-state index contributed by atoms with van der Waals surface area (Å²) < 4.78 is 5.69. The molecule has 0 radical (unpaired) electrons. The zero-order valence-corrected chi connectivity index (χ0v) is 17.9. The lowest BCUT2D eigenvalue weighted by Crippen LogP contribution is -2.47. The average Bonchev–Trinajstić information content (AvgIpc) is 2.71. The van der Waals surface area contributed by atoms with Crippen LogP contribution in [0, 0.1) is 0 Å². The summed E-state index contributed by atoms with van der Waals surface area (Å²) in [4.78, 5) is 39.3. The quantitative estimate of drug-likeness (QED) is 0.682. The van der Waals surface area contributed by atoms with E-state index in [0.29, 0.717) is 23.4 Å². The molecule has 0 spiro atoms. The minimum atomic E-state index is -0.703. The van der Waals surface area contributed by atoms with E-state index in [9.17, 15) is 14.4 Å². The highest BCUT2D eigenvalue weighted by atomic mass is 16.5. The van der Waals surface area contributed by atoms with Gasteiger partial charge in [0.15, 0.2) is 11.9 Å². The number of nitrogens with one attached hydrogen (secondary N) is 1. The zero-order valence-electron chi connectivity index (χ0n) is 17.9. The van der Waals surface area contributed by atoms with Crippen LogP contribution in [0.1, 0.15) is 62.4 Å². The number of hydrogen-bond donors (Lipinski definition) is 1. The number of amides is 2. The molecule has 6 nitrogen and oxygen atoms in total. The van der Waals surface area contributed by atoms with Crippen molar-refractivity contribution in [1.29, 1.82) is 0 Å². The van der Waals surface area contributed by atoms with Gasteiger partial charge >= 0.3 is 0 Å². The number of carbonyl (C=O) groups excluding carboxylic acids is 3. The zero-order chi connectivity index (χ0) is 21.8. The van der Waals surface area contributed by atoms with Gasteiger partial charge in [0.25, 0.3) is 5.91 Å². The first-order valence-electron chi connectivity index (χ1n) is 10.4. The maximum atomic E-state index is 12.8. The molecule has 1 aliphatic rings. The van der Waals surface area contributed by atoms with E-state index in [1.165, 1.54) is 4.90 Å². The second-order valence-corrected chi connectivity index (χ2v) is 7.83. The van der Waals surface area contributed by atoms with Crippen LogP contribution in [-0.4, -0.2) is 30.2 Å². The van der Waals surface area contributed by atoms with Gasteiger partial charge in [0.2, 0.25) is 5.91 Å². The molecule has 6 heteroatoms. The normalized spacial score (nSPS) is 15.6. The van der Waals surface area contributed by atoms with Gasteiger partial charge in [-0.2, -0.15) is 0 Å². The highest BCUT2D eigenvalue weighted by Crippen LogP contribution is 2.35. The monoisotopic (exact) mass is 408 g/mol. The Morgan fingerprint density at radius 2 is 1.90 bits per heavy atom. The Bertz CT molecular complexity index is 967. The van der Waals surface area contributed by atoms with E-state index in [-0.39, 0.29) is 30.1 Å². The highest BCUT2D eigenvalue weighted by molar-refractivity contribution is 6.07. The Hall–Kier alpha value is -3.15. The van der Waals surface area contributed by atoms with Crippen molar-refractivity contribution in [2.75, 3.05) is 16.8 Å². The number of carbonyl (C=O) groups is 3. The smallest absolute Gasteiger partial charge is 0.268 e. The maximum Gasteiger partial charge on any atom is 0.268 e. The Morgan fingerprint density at radius 1 is 1.17 bits per heavy atom. The van der Waals surface area contributed by atoms with Crippen LogP contribution < -0.4 is 15.0 Å². The Morgan fingerprint density at radius 3 is 2.60 bits per heavy atom. The molecule has 0 bridgehead atoms. The molecule has 1 N–H and O–H groups in total. The standard InChI is InChI=1S/C24H28N2O4/c1-5-8-21(27)17-11-12-22-20(13-17)26(24(29)16(4)30-22)14-23(28)25-19-10-7-6-9-18(19)15(2)3/h6-7,9-13,15-16H,5,8,14H2,1-4H3,(H,25,28). The van der Waals surface area contributed by atoms with Gasteiger partial charge < -0.3 is 10.1 Å². The molecular formula is C24H28N2O4. The summed E-state index contributed by atoms with van der Waals surface area (Å²) >= 11 is 0. The summed E-state index contributed by atoms with van der Waals surface area (Å²) in [5.41, 5.74) is 2.73. The van der Waals surface area contributed by atoms with Gasteiger partial charge in [-0.05, 0) is 49.1 Å². The third-order valence-electron chi connectivity index (χ3n) is 5.12. The second kappa shape index (κ2) is 9.11. The molecule has 1 atom stereocenters. The van der Waals surface area contributed by atoms with Gasteiger partial charge in [0.05, 0.1) is 5.69 Å². The van der Waals surface area contributed by atoms with Crippen molar-refractivity contribution in [1.82, 2.24) is 0 Å². The lowest BCUT2D eigenvalue weighted by Gasteiger charge is -2.33. The minimum Gasteiger partial charge on any atom is -0.479 e. The predicted octanol–water partition coefficient (Wildman–Crippen LogP) is 4.55. The third kappa shape index (κ3) is 4.53. The van der Waals surface area contributed by atoms with Gasteiger partial charge in [-0.3, -0.25) is 19.3 Å². The molecule has 1 heterocycles. The topological polar surface area (TPSA) is 75.7 Å². The molecule has 1 aliphatic heterocycles. The van der Waals surface area contributed by atoms with Crippen LogP contribution in [0.2, 0.25) is 0 Å². The molecule has 0 aliphatic carbocycles. The van der Waals surface area contributed by atoms with Crippen LogP contribution in [0.25, 0.3) is 0 Å². The van der Waals surface area contributed by atoms with Crippen molar-refractivity contribution >= 4 is 29.0 Å². The van der Waals surface area contributed by atoms with Crippen LogP contribution in [-0.2, 0) is 9.59 Å². The Kier molecular flexibility index (Phi) is 6.55. The fourth-order valence-corrected chi connectivity index (χ4v) is 3.56. The summed E-state index contributed by atoms with van der Waals surface area (Å²) in [6.45, 7) is 7.56. The Labute approximate surface area is 177 Å². The second-order valence-electron chi connectivity index (χ2n) is 7.83. The molecule has 2 aromatic rings. The molecule has 2 aromatic carbocycles. The van der Waals surface area contributed by atoms with Crippen LogP contribution in [0.5, 0.6) is 5.75 Å². The van der Waals surface area contributed by atoms with E-state index in [1.54, 1.807) is 25.1 Å². The van der Waals surface area contributed by atoms with Crippen LogP contribution in [0.4, 0.5) is 11.4 Å². The van der Waals surface area contributed by atoms with Gasteiger partial charge in [-0.1, -0.05) is 39.0 Å². The lowest BCUT2D eigenvalue weighted by molar-refractivity contribution is -0.127. The number of benzene rings is 2. The number of anilines is 2. The van der Waals surface area contributed by atoms with Gasteiger partial charge in [-0.15, -0.1) is 0 Å². The number of rotatable bonds is 7. The lowest BCUT2D eigenvalue weighted by atomic mass is 10.0. The summed E-state index contributed by atoms with van der Waals surface area (Å²) in [6, 6.07) is 12.7. The van der Waals surface area contributed by atoms with Gasteiger partial charge in [0.1, 0.15) is 12.3 Å². The molecule has 0 saturated heterocycles. The molecular weight excluding hydrogens is 380 g/mol. The van der Waals surface area contributed by atoms with Crippen LogP contribution in [0.15, 0.2) is 42.5 Å². The molecule has 1 unspecified atom stereocenters. The third-order valence-corrected chi connectivity index (χ3v) is 5.12.